The second kappa shape index (κ2) is 1460. The Bertz CT molecular complexity index is 64.5. The van der Waals surface area contributed by atoms with Gasteiger partial charge in [-0.25, -0.2) is 0 Å². The monoisotopic (exact) mass is 264 g/mol. The zero-order chi connectivity index (χ0) is 11.4. The Labute approximate surface area is 93.0 Å². The van der Waals surface area contributed by atoms with Gasteiger partial charge in [-0.1, -0.05) is 25.3 Å². The number of rotatable bonds is 1. The smallest absolute Gasteiger partial charge is 0.281 e. The van der Waals surface area contributed by atoms with Crippen LogP contribution in [0.5, 0.6) is 0 Å². The molecule has 5 heteroatoms. The van der Waals surface area contributed by atoms with E-state index in [1.807, 2.05) is 0 Å². The summed E-state index contributed by atoms with van der Waals surface area (Å²) in [5, 5.41) is 0. The van der Waals surface area contributed by atoms with Gasteiger partial charge in [-0.05, 0) is 0 Å². The summed E-state index contributed by atoms with van der Waals surface area (Å²) in [7, 11) is 0. The van der Waals surface area contributed by atoms with E-state index in [2.05, 4.69) is 40.3 Å². The predicted octanol–water partition coefficient (Wildman–Crippen LogP) is -0.233. The van der Waals surface area contributed by atoms with Gasteiger partial charge >= 0.3 is 0 Å². The maximum Gasteiger partial charge on any atom is 0.281 e. The zero-order valence-electron chi connectivity index (χ0n) is 6.61. The summed E-state index contributed by atoms with van der Waals surface area (Å²) in [6.45, 7) is 24.7. The summed E-state index contributed by atoms with van der Waals surface area (Å²) >= 11 is 0. The summed E-state index contributed by atoms with van der Waals surface area (Å²) in [4.78, 5) is 30.0. The molecule has 8 radical (unpaired) electrons. The van der Waals surface area contributed by atoms with E-state index in [-0.39, 0.29) is 21.1 Å². The summed E-state index contributed by atoms with van der Waals surface area (Å²) in [6.07, 6.45) is 3.28. The minimum absolute atomic E-state index is 0. The molecule has 0 aromatic rings. The molecule has 0 unspecified atom stereocenters. The maximum absolute atomic E-state index is 7.50. The van der Waals surface area contributed by atoms with Crippen LogP contribution in [0.15, 0.2) is 25.3 Å². The molecule has 0 amide bonds. The van der Waals surface area contributed by atoms with Crippen LogP contribution < -0.4 is 0 Å². The molecule has 4 nitrogen and oxygen atoms in total. The van der Waals surface area contributed by atoms with Crippen molar-refractivity contribution in [2.45, 2.75) is 0 Å². The first-order chi connectivity index (χ1) is 5.91. The SMILES string of the molecule is C=CC=C.[C]=O.[C]=O.[C]=O.[C]=O.[Mo]. The number of allylic oxidation sites excluding steroid dienone is 2. The molecule has 0 fully saturated rings. The molecule has 0 aliphatic carbocycles. The van der Waals surface area contributed by atoms with Gasteiger partial charge in [0.1, 0.15) is 0 Å². The Morgan fingerprint density at radius 2 is 0.692 bits per heavy atom. The van der Waals surface area contributed by atoms with Crippen molar-refractivity contribution in [1.82, 2.24) is 0 Å². The Hall–Kier alpha value is -1.15. The van der Waals surface area contributed by atoms with E-state index in [0.717, 1.165) is 0 Å². The molecule has 0 rings (SSSR count). The quantitative estimate of drug-likeness (QED) is 0.483. The van der Waals surface area contributed by atoms with Crippen LogP contribution >= 0.6 is 0 Å². The van der Waals surface area contributed by atoms with Crippen molar-refractivity contribution >= 4 is 27.2 Å². The second-order valence-electron chi connectivity index (χ2n) is 0.471. The summed E-state index contributed by atoms with van der Waals surface area (Å²) in [5.74, 6) is 0. The largest absolute Gasteiger partial charge is 0.281 e. The van der Waals surface area contributed by atoms with Crippen LogP contribution in [0.1, 0.15) is 0 Å². The van der Waals surface area contributed by atoms with E-state index in [4.69, 9.17) is 19.2 Å². The van der Waals surface area contributed by atoms with Crippen LogP contribution in [0.2, 0.25) is 0 Å². The number of carbonyl (C=O) groups excluding carboxylic acids is 4. The summed E-state index contributed by atoms with van der Waals surface area (Å²) < 4.78 is 0. The third-order valence-electron chi connectivity index (χ3n) is 0.167. The summed E-state index contributed by atoms with van der Waals surface area (Å²) in [5.41, 5.74) is 0. The third-order valence-corrected chi connectivity index (χ3v) is 0.167. The van der Waals surface area contributed by atoms with Gasteiger partial charge in [0.15, 0.2) is 0 Å². The van der Waals surface area contributed by atoms with Gasteiger partial charge < -0.3 is 0 Å². The molecule has 0 aliphatic rings. The fourth-order valence-corrected chi connectivity index (χ4v) is 0. The predicted molar refractivity (Wildman–Crippen MR) is 43.2 cm³/mol. The van der Waals surface area contributed by atoms with E-state index in [9.17, 15) is 0 Å². The van der Waals surface area contributed by atoms with Crippen molar-refractivity contribution in [2.75, 3.05) is 0 Å². The van der Waals surface area contributed by atoms with E-state index < -0.39 is 0 Å². The molecule has 0 bridgehead atoms. The van der Waals surface area contributed by atoms with E-state index in [1.54, 1.807) is 12.2 Å². The molecule has 0 spiro atoms. The minimum atomic E-state index is 0. The standard InChI is InChI=1S/C4H6.4CO.Mo/c1-3-4-2;4*1-2;/h3-4H,1-2H2;;;;;. The van der Waals surface area contributed by atoms with Crippen molar-refractivity contribution in [2.24, 2.45) is 0 Å². The summed E-state index contributed by atoms with van der Waals surface area (Å²) in [6, 6.07) is 0. The van der Waals surface area contributed by atoms with Crippen LogP contribution in [0.25, 0.3) is 0 Å². The molecule has 0 aromatic heterocycles. The van der Waals surface area contributed by atoms with Gasteiger partial charge in [-0.2, -0.15) is 0 Å². The van der Waals surface area contributed by atoms with Crippen molar-refractivity contribution in [1.29, 1.82) is 0 Å². The van der Waals surface area contributed by atoms with Crippen molar-refractivity contribution in [3.8, 4) is 0 Å². The fraction of sp³-hybridized carbons (Fsp3) is 0. The van der Waals surface area contributed by atoms with Crippen LogP contribution in [0.4, 0.5) is 0 Å². The normalized spacial score (nSPS) is 2.77. The van der Waals surface area contributed by atoms with E-state index in [1.165, 1.54) is 0 Å². The van der Waals surface area contributed by atoms with Crippen LogP contribution in [0, 0.1) is 0 Å². The first-order valence-electron chi connectivity index (χ1n) is 1.97. The molecular formula is C8H6MoO4. The molecule has 0 heterocycles. The topological polar surface area (TPSA) is 68.3 Å². The van der Waals surface area contributed by atoms with Gasteiger partial charge in [0.05, 0.1) is 0 Å². The van der Waals surface area contributed by atoms with Gasteiger partial charge in [-0.15, -0.1) is 0 Å². The van der Waals surface area contributed by atoms with Crippen molar-refractivity contribution in [3.05, 3.63) is 25.3 Å². The fourth-order valence-electron chi connectivity index (χ4n) is 0. The van der Waals surface area contributed by atoms with Crippen LogP contribution in [0.3, 0.4) is 0 Å². The van der Waals surface area contributed by atoms with E-state index in [0.29, 0.717) is 0 Å². The second-order valence-corrected chi connectivity index (χ2v) is 0.471. The molecule has 13 heavy (non-hydrogen) atoms. The van der Waals surface area contributed by atoms with Crippen molar-refractivity contribution < 1.29 is 40.2 Å². The Balaban J connectivity index is -0.0000000122. The third kappa shape index (κ3) is 36900. The van der Waals surface area contributed by atoms with Gasteiger partial charge in [0.25, 0.3) is 27.2 Å². The first kappa shape index (κ1) is 40.8. The average molecular weight is 262 g/mol. The molecule has 0 aromatic carbocycles. The Morgan fingerprint density at radius 3 is 0.692 bits per heavy atom. The average Bonchev–Trinajstić information content (AvgIpc) is 2.29. The molecule has 0 saturated heterocycles. The minimum Gasteiger partial charge on any atom is -0.281 e. The molecule has 0 atom stereocenters. The molecule has 68 valence electrons. The molecule has 0 saturated carbocycles. The van der Waals surface area contributed by atoms with Crippen LogP contribution in [-0.2, 0) is 40.2 Å². The Kier molecular flexibility index (Phi) is 4590. The number of hydrogen-bond acceptors (Lipinski definition) is 4. The molecule has 0 N–H and O–H groups in total. The van der Waals surface area contributed by atoms with Gasteiger partial charge in [-0.3, -0.25) is 19.2 Å². The first-order valence-corrected chi connectivity index (χ1v) is 1.97. The Morgan fingerprint density at radius 1 is 0.615 bits per heavy atom. The molecule has 0 aliphatic heterocycles. The zero-order valence-corrected chi connectivity index (χ0v) is 8.62. The van der Waals surface area contributed by atoms with Crippen LogP contribution in [-0.4, -0.2) is 27.2 Å². The maximum atomic E-state index is 7.50. The van der Waals surface area contributed by atoms with Crippen molar-refractivity contribution in [3.63, 3.8) is 0 Å². The van der Waals surface area contributed by atoms with Gasteiger partial charge in [0, 0.05) is 21.1 Å². The van der Waals surface area contributed by atoms with E-state index >= 15 is 0 Å². The molecular weight excluding hydrogens is 256 g/mol. The van der Waals surface area contributed by atoms with Gasteiger partial charge in [0.2, 0.25) is 0 Å². The number of hydrogen-bond donors (Lipinski definition) is 0.